The van der Waals surface area contributed by atoms with Gasteiger partial charge in [0.2, 0.25) is 5.91 Å². The lowest BCUT2D eigenvalue weighted by Gasteiger charge is -2.27. The minimum absolute atomic E-state index is 0.0333. The van der Waals surface area contributed by atoms with Crippen LogP contribution in [0.1, 0.15) is 34.6 Å². The third kappa shape index (κ3) is 4.68. The van der Waals surface area contributed by atoms with Crippen molar-refractivity contribution in [3.63, 3.8) is 0 Å². The summed E-state index contributed by atoms with van der Waals surface area (Å²) in [5.41, 5.74) is -0.474. The Morgan fingerprint density at radius 3 is 2.50 bits per heavy atom. The van der Waals surface area contributed by atoms with E-state index in [-0.39, 0.29) is 17.3 Å². The van der Waals surface area contributed by atoms with Crippen LogP contribution in [0.2, 0.25) is 0 Å². The first-order valence-corrected chi connectivity index (χ1v) is 7.76. The monoisotopic (exact) mass is 332 g/mol. The van der Waals surface area contributed by atoms with E-state index < -0.39 is 11.6 Å². The number of nitrogens with zero attached hydrogens (tertiary/aromatic N) is 3. The molecule has 0 radical (unpaired) electrons. The van der Waals surface area contributed by atoms with Crippen LogP contribution in [0.5, 0.6) is 0 Å². The highest BCUT2D eigenvalue weighted by Crippen LogP contribution is 2.12. The summed E-state index contributed by atoms with van der Waals surface area (Å²) in [4.78, 5) is 28.5. The van der Waals surface area contributed by atoms with E-state index in [1.54, 1.807) is 30.6 Å². The van der Waals surface area contributed by atoms with Crippen LogP contribution in [-0.2, 0) is 4.79 Å². The Hall–Kier alpha value is -2.64. The van der Waals surface area contributed by atoms with Gasteiger partial charge in [0.05, 0.1) is 0 Å². The number of nitrogens with one attached hydrogen (secondary N) is 3. The number of urea groups is 1. The van der Waals surface area contributed by atoms with Crippen molar-refractivity contribution >= 4 is 23.5 Å². The molecule has 0 atom stereocenters. The molecule has 0 aliphatic heterocycles. The number of pyridine rings is 1. The second-order valence-corrected chi connectivity index (χ2v) is 7.39. The molecule has 0 bridgehead atoms. The average molecular weight is 332 g/mol. The van der Waals surface area contributed by atoms with Gasteiger partial charge in [0.25, 0.3) is 5.95 Å². The van der Waals surface area contributed by atoms with Crippen molar-refractivity contribution in [2.24, 2.45) is 5.41 Å². The van der Waals surface area contributed by atoms with Gasteiger partial charge in [0.1, 0.15) is 5.54 Å². The van der Waals surface area contributed by atoms with Gasteiger partial charge in [-0.25, -0.2) is 9.31 Å². The van der Waals surface area contributed by atoms with E-state index in [9.17, 15) is 9.59 Å². The van der Waals surface area contributed by atoms with Crippen molar-refractivity contribution in [1.82, 2.24) is 25.2 Å². The maximum absolute atomic E-state index is 12.3. The van der Waals surface area contributed by atoms with Crippen LogP contribution < -0.4 is 16.0 Å². The van der Waals surface area contributed by atoms with Gasteiger partial charge in [0, 0.05) is 12.7 Å². The molecule has 130 valence electrons. The fraction of sp³-hybridized carbons (Fsp3) is 0.500. The average Bonchev–Trinajstić information content (AvgIpc) is 2.84. The van der Waals surface area contributed by atoms with Gasteiger partial charge in [-0.3, -0.25) is 10.1 Å². The van der Waals surface area contributed by atoms with E-state index in [1.807, 2.05) is 32.9 Å². The van der Waals surface area contributed by atoms with E-state index in [0.717, 1.165) is 0 Å². The smallest absolute Gasteiger partial charge is 0.322 e. The maximum Gasteiger partial charge on any atom is 0.322 e. The predicted molar refractivity (Wildman–Crippen MR) is 91.7 cm³/mol. The van der Waals surface area contributed by atoms with Crippen LogP contribution in [0, 0.1) is 5.41 Å². The summed E-state index contributed by atoms with van der Waals surface area (Å²) < 4.78 is 1.55. The van der Waals surface area contributed by atoms with Crippen LogP contribution in [-0.4, -0.2) is 38.6 Å². The molecule has 2 aromatic rings. The number of carbonyl (C=O) groups excluding carboxylic acids is 2. The second kappa shape index (κ2) is 6.46. The van der Waals surface area contributed by atoms with Crippen LogP contribution in [0.25, 0.3) is 5.65 Å². The van der Waals surface area contributed by atoms with Gasteiger partial charge in [0.15, 0.2) is 5.65 Å². The molecule has 0 unspecified atom stereocenters. The van der Waals surface area contributed by atoms with Gasteiger partial charge in [-0.05, 0) is 31.4 Å². The molecule has 2 rings (SSSR count). The molecule has 0 fully saturated rings. The number of carbonyl (C=O) groups is 2. The molecule has 0 spiro atoms. The first kappa shape index (κ1) is 17.7. The highest BCUT2D eigenvalue weighted by Gasteiger charge is 2.30. The number of aromatic nitrogens is 3. The van der Waals surface area contributed by atoms with Gasteiger partial charge < -0.3 is 10.6 Å². The molecule has 0 aromatic carbocycles. The molecule has 3 N–H and O–H groups in total. The summed E-state index contributed by atoms with van der Waals surface area (Å²) in [5.74, 6) is -0.0832. The lowest BCUT2D eigenvalue weighted by molar-refractivity contribution is -0.126. The lowest BCUT2D eigenvalue weighted by Crippen LogP contribution is -2.56. The Kier molecular flexibility index (Phi) is 4.77. The summed E-state index contributed by atoms with van der Waals surface area (Å²) in [7, 11) is 0. The molecule has 0 saturated carbocycles. The topological polar surface area (TPSA) is 100 Å². The van der Waals surface area contributed by atoms with Crippen molar-refractivity contribution in [3.05, 3.63) is 24.4 Å². The van der Waals surface area contributed by atoms with Crippen molar-refractivity contribution < 1.29 is 9.59 Å². The van der Waals surface area contributed by atoms with Crippen LogP contribution in [0.3, 0.4) is 0 Å². The number of fused-ring (bicyclic) bond motifs is 1. The normalized spacial score (nSPS) is 12.0. The largest absolute Gasteiger partial charge is 0.354 e. The zero-order valence-electron chi connectivity index (χ0n) is 14.7. The summed E-state index contributed by atoms with van der Waals surface area (Å²) in [6, 6.07) is 4.88. The fourth-order valence-electron chi connectivity index (χ4n) is 1.92. The Morgan fingerprint density at radius 2 is 1.88 bits per heavy atom. The van der Waals surface area contributed by atoms with E-state index >= 15 is 0 Å². The predicted octanol–water partition coefficient (Wildman–Crippen LogP) is 1.79. The van der Waals surface area contributed by atoms with Crippen molar-refractivity contribution in [2.75, 3.05) is 11.9 Å². The van der Waals surface area contributed by atoms with Gasteiger partial charge in [-0.1, -0.05) is 26.8 Å². The van der Waals surface area contributed by atoms with Crippen LogP contribution >= 0.6 is 0 Å². The van der Waals surface area contributed by atoms with Gasteiger partial charge in [-0.2, -0.15) is 4.98 Å². The third-order valence-corrected chi connectivity index (χ3v) is 3.24. The first-order chi connectivity index (χ1) is 11.1. The first-order valence-electron chi connectivity index (χ1n) is 7.76. The summed E-state index contributed by atoms with van der Waals surface area (Å²) in [6.07, 6.45) is 1.73. The molecular weight excluding hydrogens is 308 g/mol. The van der Waals surface area contributed by atoms with Gasteiger partial charge >= 0.3 is 6.03 Å². The van der Waals surface area contributed by atoms with Crippen molar-refractivity contribution in [3.8, 4) is 0 Å². The SMILES string of the molecule is CC(C)(C)CNC(=O)C(C)(C)NC(=O)Nc1nc2ccccn2n1. The van der Waals surface area contributed by atoms with Gasteiger partial charge in [-0.15, -0.1) is 5.10 Å². The number of anilines is 1. The lowest BCUT2D eigenvalue weighted by atomic mass is 9.96. The maximum atomic E-state index is 12.3. The molecular formula is C16H24N6O2. The number of rotatable bonds is 4. The molecule has 0 aliphatic rings. The quantitative estimate of drug-likeness (QED) is 0.794. The summed E-state index contributed by atoms with van der Waals surface area (Å²) in [6.45, 7) is 9.87. The van der Waals surface area contributed by atoms with E-state index in [1.165, 1.54) is 0 Å². The zero-order valence-corrected chi connectivity index (χ0v) is 14.7. The highest BCUT2D eigenvalue weighted by molar-refractivity contribution is 5.94. The fourth-order valence-corrected chi connectivity index (χ4v) is 1.92. The molecule has 8 heteroatoms. The van der Waals surface area contributed by atoms with E-state index in [4.69, 9.17) is 0 Å². The zero-order chi connectivity index (χ0) is 18.0. The molecule has 3 amide bonds. The number of hydrogen-bond donors (Lipinski definition) is 3. The molecule has 2 aromatic heterocycles. The molecule has 0 saturated heterocycles. The minimum atomic E-state index is -1.06. The highest BCUT2D eigenvalue weighted by atomic mass is 16.2. The summed E-state index contributed by atoms with van der Waals surface area (Å²) in [5, 5.41) is 12.1. The van der Waals surface area contributed by atoms with E-state index in [2.05, 4.69) is 26.0 Å². The Morgan fingerprint density at radius 1 is 1.17 bits per heavy atom. The Bertz CT molecular complexity index is 711. The van der Waals surface area contributed by atoms with Crippen molar-refractivity contribution in [1.29, 1.82) is 0 Å². The van der Waals surface area contributed by atoms with Crippen LogP contribution in [0.4, 0.5) is 10.7 Å². The Labute approximate surface area is 141 Å². The standard InChI is InChI=1S/C16H24N6O2/c1-15(2,3)10-17-12(23)16(4,5)20-14(24)19-13-18-11-8-6-7-9-22(11)21-13/h6-9H,10H2,1-5H3,(H,17,23)(H2,19,20,21,24). The molecule has 0 aliphatic carbocycles. The molecule has 8 nitrogen and oxygen atoms in total. The molecule has 24 heavy (non-hydrogen) atoms. The number of amides is 3. The van der Waals surface area contributed by atoms with E-state index in [0.29, 0.717) is 12.2 Å². The Balaban J connectivity index is 1.95. The third-order valence-electron chi connectivity index (χ3n) is 3.24. The second-order valence-electron chi connectivity index (χ2n) is 7.39. The summed E-state index contributed by atoms with van der Waals surface area (Å²) >= 11 is 0. The minimum Gasteiger partial charge on any atom is -0.354 e. The van der Waals surface area contributed by atoms with Crippen LogP contribution in [0.15, 0.2) is 24.4 Å². The molecule has 2 heterocycles. The number of hydrogen-bond acceptors (Lipinski definition) is 4. The van der Waals surface area contributed by atoms with Crippen molar-refractivity contribution in [2.45, 2.75) is 40.2 Å².